The largest absolute Gasteiger partial charge is 0.391 e. The molecule has 0 radical (unpaired) electrons. The first-order valence-corrected chi connectivity index (χ1v) is 27.3. The molecule has 2 aromatic rings. The first-order valence-electron chi connectivity index (χ1n) is 27.3. The number of nitrogens with one attached hydrogen (secondary N) is 4. The van der Waals surface area contributed by atoms with E-state index in [1.165, 1.54) is 73.6 Å². The third-order valence-electron chi connectivity index (χ3n) is 14.3. The van der Waals surface area contributed by atoms with E-state index in [0.717, 1.165) is 5.56 Å². The number of aliphatic hydroxyl groups is 1. The van der Waals surface area contributed by atoms with Crippen LogP contribution in [0.3, 0.4) is 0 Å². The Hall–Kier alpha value is -6.37. The maximum Gasteiger partial charge on any atom is 0.245 e. The zero-order valence-electron chi connectivity index (χ0n) is 48.7. The van der Waals surface area contributed by atoms with Gasteiger partial charge in [-0.05, 0) is 81.3 Å². The number of benzene rings is 2. The Bertz CT molecular complexity index is 2310. The summed E-state index contributed by atoms with van der Waals surface area (Å²) in [6, 6.07) is 7.54. The van der Waals surface area contributed by atoms with Crippen molar-refractivity contribution in [3.63, 3.8) is 0 Å². The SMILES string of the molecule is CC(C)C[C@@H]1NC(=O)[C@H](Cc2ccccc2)N(C)C(=O)[C@H](C)N(C)C(=O)C[C@H](C)NC(=O)[C@H]([C@@H](C)O)NC(=O)[C@H](CC(C)C)N(C)C(=O)[C@H](Cc2ccccc2)NC(=O)[C@H](CC(C)C)N(C)C(=O)[C@H](CC(C)C)N(C)C1=O. The van der Waals surface area contributed by atoms with Gasteiger partial charge in [0.05, 0.1) is 6.10 Å². The minimum Gasteiger partial charge on any atom is -0.391 e. The van der Waals surface area contributed by atoms with Crippen LogP contribution in [-0.2, 0) is 56.0 Å². The molecule has 0 bridgehead atoms. The molecule has 0 aromatic heterocycles. The lowest BCUT2D eigenvalue weighted by molar-refractivity contribution is -0.151. The van der Waals surface area contributed by atoms with E-state index in [9.17, 15) is 43.5 Å². The summed E-state index contributed by atoms with van der Waals surface area (Å²) in [5.41, 5.74) is 1.42. The Balaban J connectivity index is 2.30. The normalized spacial score (nSPS) is 25.8. The number of amides is 9. The van der Waals surface area contributed by atoms with Gasteiger partial charge in [0, 0.05) is 60.5 Å². The lowest BCUT2D eigenvalue weighted by Crippen LogP contribution is -2.62. The average Bonchev–Trinajstić information content (AvgIpc) is 3.36. The molecule has 1 fully saturated rings. The lowest BCUT2D eigenvalue weighted by Gasteiger charge is -2.38. The number of nitrogens with zero attached hydrogens (tertiary/aromatic N) is 5. The highest BCUT2D eigenvalue weighted by Gasteiger charge is 2.42. The molecule has 1 aliphatic heterocycles. The second-order valence-electron chi connectivity index (χ2n) is 22.9. The van der Waals surface area contributed by atoms with Gasteiger partial charge < -0.3 is 50.9 Å². The van der Waals surface area contributed by atoms with Gasteiger partial charge in [0.2, 0.25) is 53.2 Å². The third kappa shape index (κ3) is 19.0. The zero-order valence-corrected chi connectivity index (χ0v) is 48.7. The van der Waals surface area contributed by atoms with Crippen molar-refractivity contribution >= 4 is 53.2 Å². The summed E-state index contributed by atoms with van der Waals surface area (Å²) in [6.45, 7) is 19.5. The summed E-state index contributed by atoms with van der Waals surface area (Å²) < 4.78 is 0. The molecule has 0 spiro atoms. The van der Waals surface area contributed by atoms with Gasteiger partial charge in [-0.25, -0.2) is 0 Å². The van der Waals surface area contributed by atoms with Crippen molar-refractivity contribution in [2.75, 3.05) is 35.2 Å². The molecule has 0 aliphatic carbocycles. The maximum absolute atomic E-state index is 15.1. The first-order chi connectivity index (χ1) is 36.0. The fourth-order valence-corrected chi connectivity index (χ4v) is 9.63. The van der Waals surface area contributed by atoms with E-state index in [2.05, 4.69) is 21.3 Å². The van der Waals surface area contributed by atoms with Gasteiger partial charge in [0.15, 0.2) is 0 Å². The van der Waals surface area contributed by atoms with Crippen molar-refractivity contribution in [3.05, 3.63) is 71.8 Å². The molecule has 2 aromatic carbocycles. The minimum atomic E-state index is -1.52. The van der Waals surface area contributed by atoms with E-state index in [0.29, 0.717) is 5.56 Å². The molecule has 3 rings (SSSR count). The summed E-state index contributed by atoms with van der Waals surface area (Å²) in [6.07, 6.45) is -1.000. The van der Waals surface area contributed by atoms with Crippen LogP contribution in [0.2, 0.25) is 0 Å². The van der Waals surface area contributed by atoms with Crippen molar-refractivity contribution < 1.29 is 48.3 Å². The van der Waals surface area contributed by atoms with Crippen LogP contribution in [-0.4, -0.2) is 178 Å². The molecule has 0 unspecified atom stereocenters. The van der Waals surface area contributed by atoms with Gasteiger partial charge in [-0.2, -0.15) is 0 Å². The van der Waals surface area contributed by atoms with Crippen LogP contribution in [0.4, 0.5) is 0 Å². The fraction of sp³-hybridized carbons (Fsp3) is 0.638. The van der Waals surface area contributed by atoms with Gasteiger partial charge in [0.25, 0.3) is 0 Å². The second kappa shape index (κ2) is 30.0. The maximum atomic E-state index is 15.1. The molecule has 1 heterocycles. The van der Waals surface area contributed by atoms with Gasteiger partial charge in [-0.3, -0.25) is 43.2 Å². The molecule has 10 atom stereocenters. The Morgan fingerprint density at radius 3 is 1.31 bits per heavy atom. The predicted molar refractivity (Wildman–Crippen MR) is 296 cm³/mol. The number of carbonyl (C=O) groups excluding carboxylic acids is 9. The minimum absolute atomic E-state index is 0.00738. The van der Waals surface area contributed by atoms with Crippen LogP contribution in [0.15, 0.2) is 60.7 Å². The summed E-state index contributed by atoms with van der Waals surface area (Å²) in [7, 11) is 7.34. The summed E-state index contributed by atoms with van der Waals surface area (Å²) in [5.74, 6) is -6.20. The van der Waals surface area contributed by atoms with E-state index >= 15 is 4.79 Å². The monoisotopic (exact) mass is 1070 g/mol. The van der Waals surface area contributed by atoms with Crippen LogP contribution >= 0.6 is 0 Å². The number of rotatable bonds is 13. The molecule has 428 valence electrons. The average molecular weight is 1070 g/mol. The van der Waals surface area contributed by atoms with E-state index in [-0.39, 0.29) is 68.6 Å². The van der Waals surface area contributed by atoms with E-state index in [1.54, 1.807) is 43.3 Å². The van der Waals surface area contributed by atoms with Gasteiger partial charge in [-0.15, -0.1) is 0 Å². The quantitative estimate of drug-likeness (QED) is 0.196. The van der Waals surface area contributed by atoms with Gasteiger partial charge >= 0.3 is 0 Å². The molecule has 5 N–H and O–H groups in total. The number of carbonyl (C=O) groups is 9. The van der Waals surface area contributed by atoms with Crippen molar-refractivity contribution in [2.24, 2.45) is 23.7 Å². The summed E-state index contributed by atoms with van der Waals surface area (Å²) in [5, 5.41) is 22.2. The van der Waals surface area contributed by atoms with Crippen molar-refractivity contribution in [1.29, 1.82) is 0 Å². The fourth-order valence-electron chi connectivity index (χ4n) is 9.63. The van der Waals surface area contributed by atoms with Crippen molar-refractivity contribution in [2.45, 2.75) is 182 Å². The molecular weight excluding hydrogens is 983 g/mol. The van der Waals surface area contributed by atoms with Crippen LogP contribution in [0.5, 0.6) is 0 Å². The second-order valence-corrected chi connectivity index (χ2v) is 22.9. The Labute approximate surface area is 458 Å². The van der Waals surface area contributed by atoms with E-state index in [1.807, 2.05) is 79.7 Å². The molecule has 19 heteroatoms. The standard InChI is InChI=1S/C58H91N9O10/c1-34(2)27-43-56(75)67(16)48(30-37(7)8)58(77)66(15)45(28-35(3)4)51(70)61-44(32-41-23-19-17-20-24-41)57(76)65(14)46(29-36(5)6)53(72)62-50(40(11)68)54(73)59-38(9)31-49(69)63(12)39(10)55(74)64(13)47(52(71)60-43)33-42-25-21-18-22-26-42/h17-26,34-40,43-48,50,68H,27-33H2,1-16H3,(H,59,73)(H,60,71)(H,61,70)(H,62,72)/t38-,39-,40+,43-,44-,45-,46-,47-,48-,50-/m0/s1. The number of hydrogen-bond acceptors (Lipinski definition) is 10. The molecule has 19 nitrogen and oxygen atoms in total. The highest BCUT2D eigenvalue weighted by atomic mass is 16.3. The number of hydrogen-bond donors (Lipinski definition) is 5. The Kier molecular flexibility index (Phi) is 25.3. The van der Waals surface area contributed by atoms with Crippen LogP contribution in [0, 0.1) is 23.7 Å². The topological polar surface area (TPSA) is 238 Å². The third-order valence-corrected chi connectivity index (χ3v) is 14.3. The van der Waals surface area contributed by atoms with E-state index < -0.39 is 114 Å². The summed E-state index contributed by atoms with van der Waals surface area (Å²) >= 11 is 0. The molecule has 1 saturated heterocycles. The number of likely N-dealkylation sites (N-methyl/N-ethyl adjacent to an activating group) is 5. The molecule has 77 heavy (non-hydrogen) atoms. The molecular formula is C58H91N9O10. The van der Waals surface area contributed by atoms with Crippen LogP contribution in [0.1, 0.15) is 119 Å². The molecule has 1 aliphatic rings. The Morgan fingerprint density at radius 1 is 0.442 bits per heavy atom. The smallest absolute Gasteiger partial charge is 0.245 e. The van der Waals surface area contributed by atoms with E-state index in [4.69, 9.17) is 0 Å². The zero-order chi connectivity index (χ0) is 58.2. The number of aliphatic hydroxyl groups excluding tert-OH is 1. The van der Waals surface area contributed by atoms with Crippen LogP contribution < -0.4 is 21.3 Å². The van der Waals surface area contributed by atoms with Gasteiger partial charge in [-0.1, -0.05) is 116 Å². The Morgan fingerprint density at radius 2 is 0.831 bits per heavy atom. The summed E-state index contributed by atoms with van der Waals surface area (Å²) in [4.78, 5) is 138. The highest BCUT2D eigenvalue weighted by Crippen LogP contribution is 2.22. The van der Waals surface area contributed by atoms with Crippen LogP contribution in [0.25, 0.3) is 0 Å². The van der Waals surface area contributed by atoms with Crippen molar-refractivity contribution in [1.82, 2.24) is 45.8 Å². The molecule has 0 saturated carbocycles. The first kappa shape index (κ1) is 64.9. The van der Waals surface area contributed by atoms with Crippen molar-refractivity contribution in [3.8, 4) is 0 Å². The van der Waals surface area contributed by atoms with Gasteiger partial charge in [0.1, 0.15) is 48.3 Å². The lowest BCUT2D eigenvalue weighted by atomic mass is 9.95. The highest BCUT2D eigenvalue weighted by molar-refractivity contribution is 5.98. The predicted octanol–water partition coefficient (Wildman–Crippen LogP) is 3.55. The molecule has 9 amide bonds.